The van der Waals surface area contributed by atoms with Crippen molar-refractivity contribution in [1.29, 1.82) is 0 Å². The van der Waals surface area contributed by atoms with Crippen molar-refractivity contribution >= 4 is 10.0 Å². The number of nitrogens with one attached hydrogen (secondary N) is 2. The second kappa shape index (κ2) is 5.98. The van der Waals surface area contributed by atoms with Crippen molar-refractivity contribution < 1.29 is 8.42 Å². The van der Waals surface area contributed by atoms with Gasteiger partial charge in [0.2, 0.25) is 10.0 Å². The maximum atomic E-state index is 11.6. The molecule has 1 heterocycles. The van der Waals surface area contributed by atoms with Crippen molar-refractivity contribution in [3.63, 3.8) is 0 Å². The molecule has 1 aliphatic rings. The Morgan fingerprint density at radius 2 is 2.06 bits per heavy atom. The first-order valence-corrected chi connectivity index (χ1v) is 7.77. The van der Waals surface area contributed by atoms with E-state index in [1.165, 1.54) is 12.8 Å². The van der Waals surface area contributed by atoms with Crippen molar-refractivity contribution in [1.82, 2.24) is 10.0 Å². The maximum Gasteiger partial charge on any atom is 0.211 e. The summed E-state index contributed by atoms with van der Waals surface area (Å²) in [7, 11) is -3.09. The molecule has 0 saturated carbocycles. The fraction of sp³-hybridized carbons (Fsp3) is 1.00. The summed E-state index contributed by atoms with van der Waals surface area (Å²) in [5.74, 6) is 0.394. The molecular weight excluding hydrogens is 224 g/mol. The Morgan fingerprint density at radius 3 is 2.62 bits per heavy atom. The Hall–Kier alpha value is -0.130. The fourth-order valence-corrected chi connectivity index (χ4v) is 3.58. The van der Waals surface area contributed by atoms with Crippen LogP contribution in [0.1, 0.15) is 40.0 Å². The van der Waals surface area contributed by atoms with Crippen molar-refractivity contribution in [3.05, 3.63) is 0 Å². The first kappa shape index (κ1) is 13.9. The van der Waals surface area contributed by atoms with E-state index in [0.29, 0.717) is 18.6 Å². The lowest BCUT2D eigenvalue weighted by molar-refractivity contribution is 0.334. The van der Waals surface area contributed by atoms with Gasteiger partial charge in [0, 0.05) is 18.6 Å². The van der Waals surface area contributed by atoms with Gasteiger partial charge in [0.05, 0.1) is 5.75 Å². The smallest absolute Gasteiger partial charge is 0.211 e. The summed E-state index contributed by atoms with van der Waals surface area (Å²) in [5.41, 5.74) is 0. The van der Waals surface area contributed by atoms with Gasteiger partial charge in [0.25, 0.3) is 0 Å². The van der Waals surface area contributed by atoms with Gasteiger partial charge in [-0.15, -0.1) is 0 Å². The van der Waals surface area contributed by atoms with Gasteiger partial charge in [-0.1, -0.05) is 20.3 Å². The average Bonchev–Trinajstić information content (AvgIpc) is 2.13. The van der Waals surface area contributed by atoms with E-state index < -0.39 is 10.0 Å². The molecule has 0 bridgehead atoms. The highest BCUT2D eigenvalue weighted by Gasteiger charge is 2.20. The highest BCUT2D eigenvalue weighted by molar-refractivity contribution is 7.89. The van der Waals surface area contributed by atoms with Crippen LogP contribution >= 0.6 is 0 Å². The quantitative estimate of drug-likeness (QED) is 0.766. The lowest BCUT2D eigenvalue weighted by Gasteiger charge is -2.28. The van der Waals surface area contributed by atoms with E-state index in [-0.39, 0.29) is 11.7 Å². The van der Waals surface area contributed by atoms with Gasteiger partial charge >= 0.3 is 0 Å². The molecule has 96 valence electrons. The summed E-state index contributed by atoms with van der Waals surface area (Å²) >= 11 is 0. The molecule has 2 atom stereocenters. The number of hydrogen-bond donors (Lipinski definition) is 2. The number of piperidine rings is 1. The Morgan fingerprint density at radius 1 is 1.38 bits per heavy atom. The lowest BCUT2D eigenvalue weighted by Crippen LogP contribution is -2.47. The Labute approximate surface area is 99.2 Å². The molecule has 1 aliphatic heterocycles. The minimum absolute atomic E-state index is 0.177. The molecule has 0 aromatic carbocycles. The first-order chi connectivity index (χ1) is 7.39. The lowest BCUT2D eigenvalue weighted by atomic mass is 10.00. The topological polar surface area (TPSA) is 58.2 Å². The minimum atomic E-state index is -3.09. The molecule has 0 aliphatic carbocycles. The van der Waals surface area contributed by atoms with Gasteiger partial charge in [0.1, 0.15) is 0 Å². The second-order valence-corrected chi connectivity index (χ2v) is 7.07. The molecule has 1 saturated heterocycles. The van der Waals surface area contributed by atoms with E-state index in [0.717, 1.165) is 6.42 Å². The van der Waals surface area contributed by atoms with E-state index in [1.54, 1.807) is 0 Å². The molecule has 4 nitrogen and oxygen atoms in total. The molecule has 0 spiro atoms. The molecule has 5 heteroatoms. The van der Waals surface area contributed by atoms with Gasteiger partial charge in [-0.2, -0.15) is 0 Å². The number of hydrogen-bond acceptors (Lipinski definition) is 3. The van der Waals surface area contributed by atoms with E-state index >= 15 is 0 Å². The molecule has 0 amide bonds. The molecule has 2 N–H and O–H groups in total. The first-order valence-electron chi connectivity index (χ1n) is 6.12. The number of rotatable bonds is 5. The van der Waals surface area contributed by atoms with Crippen LogP contribution in [0.2, 0.25) is 0 Å². The van der Waals surface area contributed by atoms with Gasteiger partial charge in [0.15, 0.2) is 0 Å². The van der Waals surface area contributed by atoms with Crippen LogP contribution in [-0.2, 0) is 10.0 Å². The van der Waals surface area contributed by atoms with Crippen LogP contribution in [-0.4, -0.2) is 32.8 Å². The van der Waals surface area contributed by atoms with Crippen LogP contribution in [0.4, 0.5) is 0 Å². The average molecular weight is 248 g/mol. The summed E-state index contributed by atoms with van der Waals surface area (Å²) in [6, 6.07) is 0.805. The van der Waals surface area contributed by atoms with Crippen LogP contribution in [0.5, 0.6) is 0 Å². The van der Waals surface area contributed by atoms with Crippen LogP contribution in [0.25, 0.3) is 0 Å². The SMILES string of the molecule is CC(C)CS(=O)(=O)NCC1CCCC(C)N1. The highest BCUT2D eigenvalue weighted by atomic mass is 32.2. The molecular formula is C11H24N2O2S. The molecule has 2 unspecified atom stereocenters. The van der Waals surface area contributed by atoms with Gasteiger partial charge in [-0.25, -0.2) is 13.1 Å². The third-order valence-electron chi connectivity index (χ3n) is 2.81. The van der Waals surface area contributed by atoms with E-state index in [2.05, 4.69) is 17.0 Å². The zero-order valence-electron chi connectivity index (χ0n) is 10.5. The zero-order valence-corrected chi connectivity index (χ0v) is 11.3. The predicted octanol–water partition coefficient (Wildman–Crippen LogP) is 1.09. The largest absolute Gasteiger partial charge is 0.310 e. The van der Waals surface area contributed by atoms with Crippen molar-refractivity contribution in [2.24, 2.45) is 5.92 Å². The third-order valence-corrected chi connectivity index (χ3v) is 4.52. The van der Waals surface area contributed by atoms with Gasteiger partial charge in [-0.3, -0.25) is 0 Å². The summed E-state index contributed by atoms with van der Waals surface area (Å²) in [5, 5.41) is 3.42. The maximum absolute atomic E-state index is 11.6. The second-order valence-electron chi connectivity index (χ2n) is 5.22. The summed E-state index contributed by atoms with van der Waals surface area (Å²) < 4.78 is 25.9. The predicted molar refractivity (Wildman–Crippen MR) is 66.9 cm³/mol. The van der Waals surface area contributed by atoms with Crippen molar-refractivity contribution in [2.75, 3.05) is 12.3 Å². The molecule has 0 aromatic rings. The van der Waals surface area contributed by atoms with Crippen molar-refractivity contribution in [3.8, 4) is 0 Å². The summed E-state index contributed by atoms with van der Waals surface area (Å²) in [4.78, 5) is 0. The molecule has 0 aromatic heterocycles. The summed E-state index contributed by atoms with van der Waals surface area (Å²) in [6.07, 6.45) is 3.44. The molecule has 16 heavy (non-hydrogen) atoms. The van der Waals surface area contributed by atoms with Crippen molar-refractivity contribution in [2.45, 2.75) is 52.1 Å². The standard InChI is InChI=1S/C11H24N2O2S/c1-9(2)8-16(14,15)12-7-11-6-4-5-10(3)13-11/h9-13H,4-8H2,1-3H3. The molecule has 1 fully saturated rings. The van der Waals surface area contributed by atoms with Crippen LogP contribution in [0, 0.1) is 5.92 Å². The summed E-state index contributed by atoms with van der Waals surface area (Å²) in [6.45, 7) is 6.51. The Kier molecular flexibility index (Phi) is 5.21. The third kappa shape index (κ3) is 5.27. The molecule has 1 rings (SSSR count). The van der Waals surface area contributed by atoms with E-state index in [1.807, 2.05) is 13.8 Å². The highest BCUT2D eigenvalue weighted by Crippen LogP contribution is 2.11. The Balaban J connectivity index is 2.33. The van der Waals surface area contributed by atoms with Gasteiger partial charge < -0.3 is 5.32 Å². The van der Waals surface area contributed by atoms with Gasteiger partial charge in [-0.05, 0) is 25.7 Å². The molecule has 0 radical (unpaired) electrons. The van der Waals surface area contributed by atoms with E-state index in [4.69, 9.17) is 0 Å². The van der Waals surface area contributed by atoms with Crippen LogP contribution in [0.3, 0.4) is 0 Å². The van der Waals surface area contributed by atoms with E-state index in [9.17, 15) is 8.42 Å². The number of sulfonamides is 1. The minimum Gasteiger partial charge on any atom is -0.310 e. The zero-order chi connectivity index (χ0) is 12.2. The monoisotopic (exact) mass is 248 g/mol. The van der Waals surface area contributed by atoms with Crippen LogP contribution in [0.15, 0.2) is 0 Å². The normalized spacial score (nSPS) is 27.2. The Bertz CT molecular complexity index is 301. The van der Waals surface area contributed by atoms with Crippen LogP contribution < -0.4 is 10.0 Å². The fourth-order valence-electron chi connectivity index (χ4n) is 2.13.